The molecule has 0 rings (SSSR count). The van der Waals surface area contributed by atoms with Gasteiger partial charge in [0.15, 0.2) is 0 Å². The Morgan fingerprint density at radius 2 is 2.00 bits per heavy atom. The fourth-order valence-electron chi connectivity index (χ4n) is 0.412. The lowest BCUT2D eigenvalue weighted by Crippen LogP contribution is -2.33. The highest BCUT2D eigenvalue weighted by molar-refractivity contribution is 7.88. The van der Waals surface area contributed by atoms with Gasteiger partial charge in [0, 0.05) is 13.1 Å². The summed E-state index contributed by atoms with van der Waals surface area (Å²) in [5.74, 6) is 0. The van der Waals surface area contributed by atoms with E-state index >= 15 is 0 Å². The average Bonchev–Trinajstić information content (AvgIpc) is 1.78. The summed E-state index contributed by atoms with van der Waals surface area (Å²) in [6, 6.07) is -0.916. The molecule has 0 atom stereocenters. The molecule has 7 heteroatoms. The summed E-state index contributed by atoms with van der Waals surface area (Å²) in [6.07, 6.45) is 1.02. The van der Waals surface area contributed by atoms with Crippen LogP contribution in [0.5, 0.6) is 0 Å². The topological polar surface area (TPSA) is 99.1 Å². The normalized spacial score (nSPS) is 11.0. The van der Waals surface area contributed by atoms with Gasteiger partial charge in [-0.2, -0.15) is 0 Å². The number of rotatable bonds is 4. The maximum absolute atomic E-state index is 10.4. The number of hydrogen-bond acceptors (Lipinski definition) is 3. The minimum atomic E-state index is -3.18. The molecule has 0 aromatic carbocycles. The first kappa shape index (κ1) is 10.2. The van der Waals surface area contributed by atoms with Crippen LogP contribution >= 0.6 is 0 Å². The van der Waals surface area contributed by atoms with Crippen molar-refractivity contribution in [1.82, 2.24) is 15.8 Å². The molecule has 0 aliphatic carbocycles. The van der Waals surface area contributed by atoms with Crippen molar-refractivity contribution in [3.63, 3.8) is 0 Å². The summed E-state index contributed by atoms with van der Waals surface area (Å²) >= 11 is 0. The maximum Gasteiger partial charge on any atom is 0.333 e. The third-order valence-corrected chi connectivity index (χ3v) is 1.50. The van der Waals surface area contributed by atoms with E-state index in [2.05, 4.69) is 10.0 Å². The monoisotopic (exact) mass is 180 g/mol. The number of nitrogens with one attached hydrogen (secondary N) is 3. The molecule has 0 unspecified atom stereocenters. The number of sulfonamides is 1. The van der Waals surface area contributed by atoms with Crippen molar-refractivity contribution in [3.8, 4) is 0 Å². The van der Waals surface area contributed by atoms with Gasteiger partial charge in [-0.05, 0) is 0 Å². The Morgan fingerprint density at radius 3 is 2.36 bits per heavy atom. The molecule has 6 nitrogen and oxygen atoms in total. The SMILES string of the molecule is CS(=O)(=O)NCCNC([NH])=O. The second-order valence-electron chi connectivity index (χ2n) is 1.92. The van der Waals surface area contributed by atoms with Gasteiger partial charge in [-0.15, -0.1) is 0 Å². The highest BCUT2D eigenvalue weighted by Gasteiger charge is 1.98. The summed E-state index contributed by atoms with van der Waals surface area (Å²) in [4.78, 5) is 9.95. The maximum atomic E-state index is 10.4. The largest absolute Gasteiger partial charge is 0.335 e. The molecule has 0 heterocycles. The zero-order valence-corrected chi connectivity index (χ0v) is 6.86. The molecular formula is C4H10N3O3S. The lowest BCUT2D eigenvalue weighted by molar-refractivity contribution is 0.248. The zero-order chi connectivity index (χ0) is 8.91. The fourth-order valence-corrected chi connectivity index (χ4v) is 0.885. The highest BCUT2D eigenvalue weighted by atomic mass is 32.2. The van der Waals surface area contributed by atoms with Gasteiger partial charge in [0.25, 0.3) is 0 Å². The van der Waals surface area contributed by atoms with Crippen LogP contribution in [-0.2, 0) is 10.0 Å². The van der Waals surface area contributed by atoms with Gasteiger partial charge in [0.1, 0.15) is 0 Å². The molecule has 0 spiro atoms. The van der Waals surface area contributed by atoms with E-state index in [1.165, 1.54) is 0 Å². The Morgan fingerprint density at radius 1 is 1.45 bits per heavy atom. The number of urea groups is 1. The third kappa shape index (κ3) is 9.18. The first-order chi connectivity index (χ1) is 4.92. The Bertz CT molecular complexity index is 223. The van der Waals surface area contributed by atoms with Crippen LogP contribution in [-0.4, -0.2) is 33.8 Å². The summed E-state index contributed by atoms with van der Waals surface area (Å²) in [5.41, 5.74) is 6.38. The van der Waals surface area contributed by atoms with Crippen LogP contribution in [0.1, 0.15) is 0 Å². The van der Waals surface area contributed by atoms with E-state index in [9.17, 15) is 13.2 Å². The molecule has 2 amide bonds. The van der Waals surface area contributed by atoms with E-state index in [1.807, 2.05) is 0 Å². The summed E-state index contributed by atoms with van der Waals surface area (Å²) in [7, 11) is -3.18. The molecule has 1 radical (unpaired) electrons. The Kier molecular flexibility index (Phi) is 3.83. The van der Waals surface area contributed by atoms with Crippen molar-refractivity contribution in [2.45, 2.75) is 0 Å². The molecule has 3 N–H and O–H groups in total. The van der Waals surface area contributed by atoms with Crippen molar-refractivity contribution in [3.05, 3.63) is 0 Å². The fraction of sp³-hybridized carbons (Fsp3) is 0.750. The molecule has 0 aromatic rings. The van der Waals surface area contributed by atoms with Crippen LogP contribution in [0.4, 0.5) is 4.79 Å². The van der Waals surface area contributed by atoms with Crippen LogP contribution in [0, 0.1) is 0 Å². The molecule has 11 heavy (non-hydrogen) atoms. The Balaban J connectivity index is 3.37. The predicted molar refractivity (Wildman–Crippen MR) is 39.3 cm³/mol. The summed E-state index contributed by atoms with van der Waals surface area (Å²) < 4.78 is 23.0. The van der Waals surface area contributed by atoms with Gasteiger partial charge in [0.05, 0.1) is 6.26 Å². The van der Waals surface area contributed by atoms with Crippen LogP contribution in [0.25, 0.3) is 0 Å². The van der Waals surface area contributed by atoms with Gasteiger partial charge < -0.3 is 5.32 Å². The predicted octanol–water partition coefficient (Wildman–Crippen LogP) is -1.47. The van der Waals surface area contributed by atoms with E-state index in [-0.39, 0.29) is 13.1 Å². The van der Waals surface area contributed by atoms with Crippen molar-refractivity contribution < 1.29 is 13.2 Å². The molecule has 0 aliphatic heterocycles. The Hall–Kier alpha value is -0.820. The lowest BCUT2D eigenvalue weighted by atomic mass is 10.6. The number of carbonyl (C=O) groups excluding carboxylic acids is 1. The van der Waals surface area contributed by atoms with E-state index < -0.39 is 16.1 Å². The average molecular weight is 180 g/mol. The van der Waals surface area contributed by atoms with Crippen LogP contribution in [0.2, 0.25) is 0 Å². The minimum Gasteiger partial charge on any atom is -0.335 e. The van der Waals surface area contributed by atoms with Crippen molar-refractivity contribution in [2.24, 2.45) is 0 Å². The molecule has 0 bridgehead atoms. The molecular weight excluding hydrogens is 170 g/mol. The Labute approximate surface area is 65.2 Å². The van der Waals surface area contributed by atoms with Gasteiger partial charge in [0.2, 0.25) is 10.0 Å². The van der Waals surface area contributed by atoms with E-state index in [1.54, 1.807) is 0 Å². The van der Waals surface area contributed by atoms with Gasteiger partial charge in [-0.3, -0.25) is 0 Å². The van der Waals surface area contributed by atoms with Crippen molar-refractivity contribution >= 4 is 16.1 Å². The second-order valence-corrected chi connectivity index (χ2v) is 3.76. The van der Waals surface area contributed by atoms with E-state index in [4.69, 9.17) is 5.73 Å². The number of hydrogen-bond donors (Lipinski definition) is 2. The van der Waals surface area contributed by atoms with Gasteiger partial charge >= 0.3 is 6.03 Å². The standard InChI is InChI=1S/C4H10N3O3S/c1-11(9,10)7-3-2-6-4(5)8/h5,7H,2-3H2,1H3,(H,6,8). The molecule has 0 saturated heterocycles. The lowest BCUT2D eigenvalue weighted by Gasteiger charge is -2.00. The van der Waals surface area contributed by atoms with E-state index in [0.717, 1.165) is 6.26 Å². The number of carbonyl (C=O) groups is 1. The molecule has 0 aromatic heterocycles. The van der Waals surface area contributed by atoms with Crippen molar-refractivity contribution in [1.29, 1.82) is 0 Å². The molecule has 0 aliphatic rings. The van der Waals surface area contributed by atoms with Crippen LogP contribution in [0.15, 0.2) is 0 Å². The summed E-state index contributed by atoms with van der Waals surface area (Å²) in [6.45, 7) is 0.249. The van der Waals surface area contributed by atoms with Gasteiger partial charge in [-0.1, -0.05) is 0 Å². The number of amides is 2. The molecule has 0 fully saturated rings. The zero-order valence-electron chi connectivity index (χ0n) is 6.05. The second kappa shape index (κ2) is 4.14. The smallest absolute Gasteiger partial charge is 0.333 e. The molecule has 65 valence electrons. The van der Waals surface area contributed by atoms with E-state index in [0.29, 0.717) is 0 Å². The quantitative estimate of drug-likeness (QED) is 0.516. The highest BCUT2D eigenvalue weighted by Crippen LogP contribution is 1.70. The first-order valence-corrected chi connectivity index (χ1v) is 4.75. The first-order valence-electron chi connectivity index (χ1n) is 2.86. The minimum absolute atomic E-state index is 0.115. The van der Waals surface area contributed by atoms with Crippen molar-refractivity contribution in [2.75, 3.05) is 19.3 Å². The molecule has 0 saturated carbocycles. The van der Waals surface area contributed by atoms with Crippen LogP contribution < -0.4 is 15.8 Å². The third-order valence-electron chi connectivity index (χ3n) is 0.775. The van der Waals surface area contributed by atoms with Crippen LogP contribution in [0.3, 0.4) is 0 Å². The summed E-state index contributed by atoms with van der Waals surface area (Å²) in [5, 5.41) is 2.12. The van der Waals surface area contributed by atoms with Gasteiger partial charge in [-0.25, -0.2) is 23.7 Å².